The third-order valence-corrected chi connectivity index (χ3v) is 3.97. The zero-order chi connectivity index (χ0) is 14.3. The van der Waals surface area contributed by atoms with Crippen molar-refractivity contribution < 1.29 is 14.7 Å². The molecule has 0 aromatic carbocycles. The average molecular weight is 270 g/mol. The molecule has 3 unspecified atom stereocenters. The lowest BCUT2D eigenvalue weighted by Crippen LogP contribution is -2.45. The Hall–Kier alpha value is -1.10. The maximum atomic E-state index is 11.8. The first-order chi connectivity index (χ1) is 9.04. The van der Waals surface area contributed by atoms with Crippen molar-refractivity contribution in [2.45, 2.75) is 52.0 Å². The SMILES string of the molecule is CCC(C)C(NC(=O)CCC1CCCNC1)C(=O)O. The van der Waals surface area contributed by atoms with E-state index in [1.165, 1.54) is 0 Å². The highest BCUT2D eigenvalue weighted by molar-refractivity contribution is 5.83. The molecule has 3 atom stereocenters. The monoisotopic (exact) mass is 270 g/mol. The molecule has 1 rings (SSSR count). The standard InChI is InChI=1S/C14H26N2O3/c1-3-10(2)13(14(18)19)16-12(17)7-6-11-5-4-8-15-9-11/h10-11,13,15H,3-9H2,1-2H3,(H,16,17)(H,18,19). The van der Waals surface area contributed by atoms with Gasteiger partial charge >= 0.3 is 5.97 Å². The maximum Gasteiger partial charge on any atom is 0.326 e. The van der Waals surface area contributed by atoms with E-state index >= 15 is 0 Å². The Balaban J connectivity index is 2.33. The third kappa shape index (κ3) is 5.59. The van der Waals surface area contributed by atoms with E-state index in [2.05, 4.69) is 10.6 Å². The van der Waals surface area contributed by atoms with Crippen molar-refractivity contribution >= 4 is 11.9 Å². The van der Waals surface area contributed by atoms with Gasteiger partial charge in [0, 0.05) is 6.42 Å². The Kier molecular flexibility index (Phi) is 6.84. The molecule has 1 aliphatic heterocycles. The molecular formula is C14H26N2O3. The normalized spacial score (nSPS) is 22.5. The Morgan fingerprint density at radius 3 is 2.74 bits per heavy atom. The van der Waals surface area contributed by atoms with Crippen molar-refractivity contribution in [2.24, 2.45) is 11.8 Å². The lowest BCUT2D eigenvalue weighted by atomic mass is 9.94. The lowest BCUT2D eigenvalue weighted by molar-refractivity contribution is -0.143. The summed E-state index contributed by atoms with van der Waals surface area (Å²) in [5.41, 5.74) is 0. The van der Waals surface area contributed by atoms with Gasteiger partial charge in [0.25, 0.3) is 0 Å². The first kappa shape index (κ1) is 16.0. The minimum atomic E-state index is -0.943. The first-order valence-electron chi connectivity index (χ1n) is 7.27. The van der Waals surface area contributed by atoms with Crippen molar-refractivity contribution in [2.75, 3.05) is 13.1 Å². The van der Waals surface area contributed by atoms with Crippen molar-refractivity contribution in [1.82, 2.24) is 10.6 Å². The van der Waals surface area contributed by atoms with Crippen LogP contribution in [0.3, 0.4) is 0 Å². The fourth-order valence-corrected chi connectivity index (χ4v) is 2.43. The summed E-state index contributed by atoms with van der Waals surface area (Å²) in [6, 6.07) is -0.762. The molecule has 5 nitrogen and oxygen atoms in total. The fraction of sp³-hybridized carbons (Fsp3) is 0.857. The van der Waals surface area contributed by atoms with Crippen LogP contribution in [0.15, 0.2) is 0 Å². The van der Waals surface area contributed by atoms with Gasteiger partial charge < -0.3 is 15.7 Å². The fourth-order valence-electron chi connectivity index (χ4n) is 2.43. The van der Waals surface area contributed by atoms with E-state index in [4.69, 9.17) is 5.11 Å². The highest BCUT2D eigenvalue weighted by atomic mass is 16.4. The number of carbonyl (C=O) groups is 2. The number of aliphatic carboxylic acids is 1. The highest BCUT2D eigenvalue weighted by Gasteiger charge is 2.25. The number of carboxylic acids is 1. The average Bonchev–Trinajstić information content (AvgIpc) is 2.42. The molecule has 0 spiro atoms. The molecule has 5 heteroatoms. The minimum absolute atomic E-state index is 0.0437. The van der Waals surface area contributed by atoms with E-state index in [1.54, 1.807) is 0 Å². The van der Waals surface area contributed by atoms with Gasteiger partial charge in [0.15, 0.2) is 0 Å². The summed E-state index contributed by atoms with van der Waals surface area (Å²) in [7, 11) is 0. The van der Waals surface area contributed by atoms with Gasteiger partial charge in [-0.3, -0.25) is 4.79 Å². The predicted molar refractivity (Wildman–Crippen MR) is 73.8 cm³/mol. The molecule has 0 aliphatic carbocycles. The van der Waals surface area contributed by atoms with Crippen LogP contribution in [-0.2, 0) is 9.59 Å². The summed E-state index contributed by atoms with van der Waals surface area (Å²) in [4.78, 5) is 22.9. The number of amides is 1. The van der Waals surface area contributed by atoms with E-state index in [1.807, 2.05) is 13.8 Å². The highest BCUT2D eigenvalue weighted by Crippen LogP contribution is 2.16. The van der Waals surface area contributed by atoms with Crippen molar-refractivity contribution in [3.8, 4) is 0 Å². The number of carbonyl (C=O) groups excluding carboxylic acids is 1. The van der Waals surface area contributed by atoms with Crippen LogP contribution in [0.25, 0.3) is 0 Å². The molecule has 3 N–H and O–H groups in total. The van der Waals surface area contributed by atoms with Gasteiger partial charge in [-0.05, 0) is 44.2 Å². The molecule has 0 saturated carbocycles. The number of carboxylic acid groups (broad SMARTS) is 1. The van der Waals surface area contributed by atoms with E-state index in [0.717, 1.165) is 38.8 Å². The van der Waals surface area contributed by atoms with E-state index in [9.17, 15) is 9.59 Å². The second-order valence-corrected chi connectivity index (χ2v) is 5.52. The predicted octanol–water partition coefficient (Wildman–Crippen LogP) is 1.38. The quantitative estimate of drug-likeness (QED) is 0.653. The van der Waals surface area contributed by atoms with Gasteiger partial charge in [0.2, 0.25) is 5.91 Å². The molecular weight excluding hydrogens is 244 g/mol. The van der Waals surface area contributed by atoms with Crippen LogP contribution in [0.4, 0.5) is 0 Å². The zero-order valence-corrected chi connectivity index (χ0v) is 11.9. The minimum Gasteiger partial charge on any atom is -0.480 e. The molecule has 1 heterocycles. The van der Waals surface area contributed by atoms with Crippen LogP contribution < -0.4 is 10.6 Å². The summed E-state index contributed by atoms with van der Waals surface area (Å²) in [5, 5.41) is 15.1. The number of piperidine rings is 1. The van der Waals surface area contributed by atoms with Crippen LogP contribution in [0, 0.1) is 11.8 Å². The molecule has 0 aromatic rings. The summed E-state index contributed by atoms with van der Waals surface area (Å²) in [6.45, 7) is 5.82. The molecule has 110 valence electrons. The second-order valence-electron chi connectivity index (χ2n) is 5.52. The van der Waals surface area contributed by atoms with Gasteiger partial charge in [0.1, 0.15) is 6.04 Å². The molecule has 0 radical (unpaired) electrons. The molecule has 1 saturated heterocycles. The smallest absolute Gasteiger partial charge is 0.326 e. The number of hydrogen-bond donors (Lipinski definition) is 3. The summed E-state index contributed by atoms with van der Waals surface area (Å²) >= 11 is 0. The van der Waals surface area contributed by atoms with Gasteiger partial charge in [-0.2, -0.15) is 0 Å². The van der Waals surface area contributed by atoms with E-state index < -0.39 is 12.0 Å². The van der Waals surface area contributed by atoms with Crippen LogP contribution >= 0.6 is 0 Å². The largest absolute Gasteiger partial charge is 0.480 e. The van der Waals surface area contributed by atoms with E-state index in [-0.39, 0.29) is 11.8 Å². The first-order valence-corrected chi connectivity index (χ1v) is 7.27. The number of hydrogen-bond acceptors (Lipinski definition) is 3. The number of nitrogens with one attached hydrogen (secondary N) is 2. The molecule has 0 bridgehead atoms. The molecule has 19 heavy (non-hydrogen) atoms. The zero-order valence-electron chi connectivity index (χ0n) is 11.9. The Bertz CT molecular complexity index is 301. The Labute approximate surface area is 115 Å². The van der Waals surface area contributed by atoms with Crippen molar-refractivity contribution in [1.29, 1.82) is 0 Å². The summed E-state index contributed by atoms with van der Waals surface area (Å²) in [6.07, 6.45) is 4.33. The molecule has 1 aliphatic rings. The molecule has 1 fully saturated rings. The summed E-state index contributed by atoms with van der Waals surface area (Å²) < 4.78 is 0. The van der Waals surface area contributed by atoms with Gasteiger partial charge in [-0.1, -0.05) is 20.3 Å². The van der Waals surface area contributed by atoms with Crippen molar-refractivity contribution in [3.63, 3.8) is 0 Å². The number of rotatable bonds is 7. The van der Waals surface area contributed by atoms with Gasteiger partial charge in [-0.25, -0.2) is 4.79 Å². The van der Waals surface area contributed by atoms with Gasteiger partial charge in [-0.15, -0.1) is 0 Å². The Morgan fingerprint density at radius 1 is 1.47 bits per heavy atom. The lowest BCUT2D eigenvalue weighted by Gasteiger charge is -2.23. The van der Waals surface area contributed by atoms with Crippen LogP contribution in [-0.4, -0.2) is 36.1 Å². The third-order valence-electron chi connectivity index (χ3n) is 3.97. The Morgan fingerprint density at radius 2 is 2.21 bits per heavy atom. The van der Waals surface area contributed by atoms with Crippen molar-refractivity contribution in [3.05, 3.63) is 0 Å². The van der Waals surface area contributed by atoms with Crippen LogP contribution in [0.2, 0.25) is 0 Å². The summed E-state index contributed by atoms with van der Waals surface area (Å²) in [5.74, 6) is -0.579. The second kappa shape index (κ2) is 8.15. The van der Waals surface area contributed by atoms with Crippen LogP contribution in [0.1, 0.15) is 46.0 Å². The molecule has 0 aromatic heterocycles. The topological polar surface area (TPSA) is 78.4 Å². The molecule has 1 amide bonds. The van der Waals surface area contributed by atoms with Gasteiger partial charge in [0.05, 0.1) is 0 Å². The maximum absolute atomic E-state index is 11.8. The van der Waals surface area contributed by atoms with E-state index in [0.29, 0.717) is 12.3 Å². The van der Waals surface area contributed by atoms with Crippen LogP contribution in [0.5, 0.6) is 0 Å².